The number of ether oxygens (including phenoxy) is 1. The molecule has 1 atom stereocenters. The zero-order valence-electron chi connectivity index (χ0n) is 18.6. The number of esters is 1. The second-order valence-corrected chi connectivity index (χ2v) is 10.1. The number of hydrogen-bond donors (Lipinski definition) is 0. The molecule has 0 aromatic heterocycles. The van der Waals surface area contributed by atoms with Crippen molar-refractivity contribution in [1.29, 1.82) is 0 Å². The number of nitrogens with zero attached hydrogens (tertiary/aromatic N) is 2. The van der Waals surface area contributed by atoms with E-state index in [0.717, 1.165) is 32.7 Å². The Balaban J connectivity index is 2.12. The maximum absolute atomic E-state index is 12.9. The van der Waals surface area contributed by atoms with Crippen molar-refractivity contribution in [2.24, 2.45) is 0 Å². The van der Waals surface area contributed by atoms with E-state index in [4.69, 9.17) is 4.74 Å². The molecule has 1 heterocycles. The van der Waals surface area contributed by atoms with Gasteiger partial charge in [0.1, 0.15) is 6.10 Å². The SMILES string of the molecule is CC(CN1CCN(C)CC1)OC(=O)c1cc(C(C)(C)C)cc(C(C)(C)C)c1. The lowest BCUT2D eigenvalue weighted by atomic mass is 9.79. The van der Waals surface area contributed by atoms with Gasteiger partial charge < -0.3 is 9.64 Å². The topological polar surface area (TPSA) is 32.8 Å². The summed E-state index contributed by atoms with van der Waals surface area (Å²) >= 11 is 0. The summed E-state index contributed by atoms with van der Waals surface area (Å²) in [4.78, 5) is 17.6. The van der Waals surface area contributed by atoms with E-state index in [9.17, 15) is 4.79 Å². The van der Waals surface area contributed by atoms with Crippen molar-refractivity contribution in [3.05, 3.63) is 34.9 Å². The standard InChI is InChI=1S/C23H38N2O2/c1-17(16-25-11-9-24(8)10-12-25)27-21(26)18-13-19(22(2,3)4)15-20(14-18)23(5,6)7/h13-15,17H,9-12,16H2,1-8H3. The monoisotopic (exact) mass is 374 g/mol. The average molecular weight is 375 g/mol. The van der Waals surface area contributed by atoms with Crippen LogP contribution < -0.4 is 0 Å². The summed E-state index contributed by atoms with van der Waals surface area (Å²) in [5.41, 5.74) is 2.99. The van der Waals surface area contributed by atoms with Gasteiger partial charge in [-0.3, -0.25) is 4.90 Å². The first-order chi connectivity index (χ1) is 12.4. The quantitative estimate of drug-likeness (QED) is 0.744. The van der Waals surface area contributed by atoms with Crippen LogP contribution in [-0.2, 0) is 15.6 Å². The minimum Gasteiger partial charge on any atom is -0.458 e. The Hall–Kier alpha value is -1.39. The molecule has 152 valence electrons. The molecule has 0 bridgehead atoms. The zero-order valence-corrected chi connectivity index (χ0v) is 18.6. The van der Waals surface area contributed by atoms with Crippen LogP contribution in [-0.4, -0.2) is 61.6 Å². The van der Waals surface area contributed by atoms with Crippen molar-refractivity contribution in [3.63, 3.8) is 0 Å². The van der Waals surface area contributed by atoms with Crippen LogP contribution in [0.1, 0.15) is 70.0 Å². The number of carbonyl (C=O) groups is 1. The Labute approximate surface area is 165 Å². The Morgan fingerprint density at radius 3 is 1.89 bits per heavy atom. The van der Waals surface area contributed by atoms with Gasteiger partial charge in [0.05, 0.1) is 5.56 Å². The average Bonchev–Trinajstić information content (AvgIpc) is 2.55. The van der Waals surface area contributed by atoms with Gasteiger partial charge in [0, 0.05) is 32.7 Å². The highest BCUT2D eigenvalue weighted by molar-refractivity contribution is 5.90. The molecule has 4 heteroatoms. The van der Waals surface area contributed by atoms with Crippen molar-refractivity contribution in [3.8, 4) is 0 Å². The molecule has 1 aliphatic heterocycles. The summed E-state index contributed by atoms with van der Waals surface area (Å²) < 4.78 is 5.81. The first kappa shape index (κ1) is 21.9. The lowest BCUT2D eigenvalue weighted by Crippen LogP contribution is -2.47. The molecule has 0 amide bonds. The molecule has 0 radical (unpaired) electrons. The largest absolute Gasteiger partial charge is 0.458 e. The van der Waals surface area contributed by atoms with E-state index in [0.29, 0.717) is 5.56 Å². The molecule has 1 aromatic rings. The highest BCUT2D eigenvalue weighted by atomic mass is 16.5. The van der Waals surface area contributed by atoms with E-state index in [1.807, 2.05) is 19.1 Å². The number of likely N-dealkylation sites (N-methyl/N-ethyl adjacent to an activating group) is 1. The number of piperazine rings is 1. The fourth-order valence-corrected chi connectivity index (χ4v) is 3.29. The van der Waals surface area contributed by atoms with Gasteiger partial charge in [0.2, 0.25) is 0 Å². The Morgan fingerprint density at radius 2 is 1.44 bits per heavy atom. The molecule has 2 rings (SSSR count). The van der Waals surface area contributed by atoms with Gasteiger partial charge in [0.15, 0.2) is 0 Å². The number of rotatable bonds is 4. The Kier molecular flexibility index (Phi) is 6.75. The van der Waals surface area contributed by atoms with Gasteiger partial charge in [-0.25, -0.2) is 4.79 Å². The highest BCUT2D eigenvalue weighted by Gasteiger charge is 2.24. The number of benzene rings is 1. The molecule has 27 heavy (non-hydrogen) atoms. The van der Waals surface area contributed by atoms with Crippen LogP contribution in [0.3, 0.4) is 0 Å². The predicted octanol–water partition coefficient (Wildman–Crippen LogP) is 4.07. The number of hydrogen-bond acceptors (Lipinski definition) is 4. The summed E-state index contributed by atoms with van der Waals surface area (Å²) in [5.74, 6) is -0.215. The molecule has 0 saturated carbocycles. The van der Waals surface area contributed by atoms with Crippen LogP contribution >= 0.6 is 0 Å². The molecule has 1 unspecified atom stereocenters. The van der Waals surface area contributed by atoms with Crippen LogP contribution in [0.15, 0.2) is 18.2 Å². The summed E-state index contributed by atoms with van der Waals surface area (Å²) in [6.45, 7) is 20.1. The van der Waals surface area contributed by atoms with E-state index in [2.05, 4.69) is 64.5 Å². The lowest BCUT2D eigenvalue weighted by molar-refractivity contribution is 0.0207. The van der Waals surface area contributed by atoms with Gasteiger partial charge in [-0.2, -0.15) is 0 Å². The highest BCUT2D eigenvalue weighted by Crippen LogP contribution is 2.30. The lowest BCUT2D eigenvalue weighted by Gasteiger charge is -2.33. The summed E-state index contributed by atoms with van der Waals surface area (Å²) in [6, 6.07) is 6.23. The summed E-state index contributed by atoms with van der Waals surface area (Å²) in [6.07, 6.45) is -0.114. The van der Waals surface area contributed by atoms with Crippen LogP contribution in [0.5, 0.6) is 0 Å². The third-order valence-corrected chi connectivity index (χ3v) is 5.32. The van der Waals surface area contributed by atoms with Gasteiger partial charge >= 0.3 is 5.97 Å². The van der Waals surface area contributed by atoms with E-state index in [1.54, 1.807) is 0 Å². The van der Waals surface area contributed by atoms with E-state index < -0.39 is 0 Å². The first-order valence-electron chi connectivity index (χ1n) is 10.1. The molecular weight excluding hydrogens is 336 g/mol. The fraction of sp³-hybridized carbons (Fsp3) is 0.696. The minimum absolute atomic E-state index is 0.0122. The normalized spacial score (nSPS) is 18.4. The molecule has 1 aliphatic rings. The Bertz CT molecular complexity index is 615. The van der Waals surface area contributed by atoms with E-state index >= 15 is 0 Å². The van der Waals surface area contributed by atoms with Crippen LogP contribution in [0.25, 0.3) is 0 Å². The smallest absolute Gasteiger partial charge is 0.338 e. The van der Waals surface area contributed by atoms with Crippen LogP contribution in [0.2, 0.25) is 0 Å². The number of carbonyl (C=O) groups excluding carboxylic acids is 1. The van der Waals surface area contributed by atoms with Gasteiger partial charge in [-0.1, -0.05) is 47.6 Å². The molecule has 1 fully saturated rings. The van der Waals surface area contributed by atoms with Crippen molar-refractivity contribution in [2.75, 3.05) is 39.8 Å². The second-order valence-electron chi connectivity index (χ2n) is 10.1. The molecule has 0 N–H and O–H groups in total. The third-order valence-electron chi connectivity index (χ3n) is 5.32. The fourth-order valence-electron chi connectivity index (χ4n) is 3.29. The second kappa shape index (κ2) is 8.32. The summed E-state index contributed by atoms with van der Waals surface area (Å²) in [5, 5.41) is 0. The first-order valence-corrected chi connectivity index (χ1v) is 10.1. The molecule has 4 nitrogen and oxygen atoms in total. The van der Waals surface area contributed by atoms with Crippen LogP contribution in [0.4, 0.5) is 0 Å². The maximum atomic E-state index is 12.9. The van der Waals surface area contributed by atoms with Crippen molar-refractivity contribution < 1.29 is 9.53 Å². The maximum Gasteiger partial charge on any atom is 0.338 e. The summed E-state index contributed by atoms with van der Waals surface area (Å²) in [7, 11) is 2.15. The van der Waals surface area contributed by atoms with Gasteiger partial charge in [-0.15, -0.1) is 0 Å². The van der Waals surface area contributed by atoms with Crippen molar-refractivity contribution in [1.82, 2.24) is 9.80 Å². The Morgan fingerprint density at radius 1 is 0.963 bits per heavy atom. The third kappa shape index (κ3) is 6.32. The molecule has 0 aliphatic carbocycles. The van der Waals surface area contributed by atoms with Gasteiger partial charge in [-0.05, 0) is 48.1 Å². The molecule has 0 spiro atoms. The minimum atomic E-state index is -0.215. The predicted molar refractivity (Wildman–Crippen MR) is 113 cm³/mol. The van der Waals surface area contributed by atoms with E-state index in [-0.39, 0.29) is 22.9 Å². The molecule has 1 aromatic carbocycles. The molecular formula is C23H38N2O2. The van der Waals surface area contributed by atoms with Crippen LogP contribution in [0, 0.1) is 0 Å². The van der Waals surface area contributed by atoms with Crippen molar-refractivity contribution in [2.45, 2.75) is 65.4 Å². The molecule has 1 saturated heterocycles. The van der Waals surface area contributed by atoms with Gasteiger partial charge in [0.25, 0.3) is 0 Å². The van der Waals surface area contributed by atoms with E-state index in [1.165, 1.54) is 11.1 Å². The zero-order chi connectivity index (χ0) is 20.4. The van der Waals surface area contributed by atoms with Crippen molar-refractivity contribution >= 4 is 5.97 Å².